The second-order valence-corrected chi connectivity index (χ2v) is 11.2. The molecule has 2 heteroatoms. The smallest absolute Gasteiger partial charge is 0.227 e. The molecule has 2 heterocycles. The van der Waals surface area contributed by atoms with Crippen molar-refractivity contribution in [3.05, 3.63) is 152 Å². The number of hydrogen-bond donors (Lipinski definition) is 0. The van der Waals surface area contributed by atoms with Gasteiger partial charge in [0.1, 0.15) is 5.58 Å². The van der Waals surface area contributed by atoms with E-state index in [-0.39, 0.29) is 0 Å². The Morgan fingerprint density at radius 2 is 0.860 bits per heavy atom. The molecule has 0 aliphatic heterocycles. The number of benzene rings is 7. The van der Waals surface area contributed by atoms with Crippen LogP contribution in [0.25, 0.3) is 87.8 Å². The van der Waals surface area contributed by atoms with Gasteiger partial charge in [-0.2, -0.15) is 0 Å². The first-order valence-electron chi connectivity index (χ1n) is 14.6. The Kier molecular flexibility index (Phi) is 5.23. The van der Waals surface area contributed by atoms with Gasteiger partial charge in [0.2, 0.25) is 5.71 Å². The van der Waals surface area contributed by atoms with Gasteiger partial charge in [-0.1, -0.05) is 115 Å². The number of fused-ring (bicyclic) bond motifs is 9. The molecule has 0 bridgehead atoms. The first kappa shape index (κ1) is 23.9. The molecule has 0 fully saturated rings. The van der Waals surface area contributed by atoms with Gasteiger partial charge >= 0.3 is 0 Å². The summed E-state index contributed by atoms with van der Waals surface area (Å²) in [6, 6.07) is 52.3. The van der Waals surface area contributed by atoms with Crippen molar-refractivity contribution < 1.29 is 4.42 Å². The van der Waals surface area contributed by atoms with E-state index in [0.29, 0.717) is 5.71 Å². The number of rotatable bonds is 3. The largest absolute Gasteiger partial charge is 0.437 e. The van der Waals surface area contributed by atoms with Crippen molar-refractivity contribution in [1.29, 1.82) is 0 Å². The van der Waals surface area contributed by atoms with E-state index in [4.69, 9.17) is 4.42 Å². The van der Waals surface area contributed by atoms with E-state index in [2.05, 4.69) is 145 Å². The van der Waals surface area contributed by atoms with E-state index in [1.165, 1.54) is 54.6 Å². The third-order valence-corrected chi connectivity index (χ3v) is 8.72. The van der Waals surface area contributed by atoms with E-state index < -0.39 is 0 Å². The number of hydrogen-bond acceptors (Lipinski definition) is 2. The molecular formula is C41H25NO. The van der Waals surface area contributed by atoms with Gasteiger partial charge in [0.15, 0.2) is 0 Å². The lowest BCUT2D eigenvalue weighted by Gasteiger charge is -2.13. The molecule has 0 N–H and O–H groups in total. The summed E-state index contributed by atoms with van der Waals surface area (Å²) in [6.07, 6.45) is 1.78. The normalized spacial score (nSPS) is 11.7. The van der Waals surface area contributed by atoms with Crippen LogP contribution in [0.4, 0.5) is 0 Å². The summed E-state index contributed by atoms with van der Waals surface area (Å²) in [6.45, 7) is 0. The number of nitrogens with zero attached hydrogens (tertiary/aromatic N) is 1. The highest BCUT2D eigenvalue weighted by Gasteiger charge is 2.14. The summed E-state index contributed by atoms with van der Waals surface area (Å²) in [5.74, 6) is 0. The van der Waals surface area contributed by atoms with Gasteiger partial charge in [-0.05, 0) is 90.5 Å². The van der Waals surface area contributed by atoms with Crippen molar-refractivity contribution in [2.75, 3.05) is 0 Å². The Labute approximate surface area is 248 Å². The summed E-state index contributed by atoms with van der Waals surface area (Å²) < 4.78 is 6.24. The van der Waals surface area contributed by atoms with Crippen molar-refractivity contribution in [1.82, 2.24) is 4.98 Å². The van der Waals surface area contributed by atoms with Gasteiger partial charge in [-0.25, -0.2) is 4.98 Å². The minimum absolute atomic E-state index is 0.671. The molecule has 0 atom stereocenters. The topological polar surface area (TPSA) is 26.0 Å². The molecule has 0 saturated carbocycles. The zero-order chi connectivity index (χ0) is 28.3. The van der Waals surface area contributed by atoms with Crippen LogP contribution in [0, 0.1) is 0 Å². The van der Waals surface area contributed by atoms with E-state index in [1.807, 2.05) is 6.07 Å². The molecule has 2 aromatic heterocycles. The lowest BCUT2D eigenvalue weighted by atomic mass is 9.91. The molecule has 2 nitrogen and oxygen atoms in total. The van der Waals surface area contributed by atoms with Gasteiger partial charge < -0.3 is 4.42 Å². The molecule has 9 aromatic rings. The highest BCUT2D eigenvalue weighted by molar-refractivity contribution is 6.25. The fraction of sp³-hybridized carbons (Fsp3) is 0. The molecule has 0 aliphatic rings. The minimum Gasteiger partial charge on any atom is -0.437 e. The summed E-state index contributed by atoms with van der Waals surface area (Å²) in [5.41, 5.74) is 8.50. The first-order chi connectivity index (χ1) is 21.3. The quantitative estimate of drug-likeness (QED) is 0.206. The molecule has 0 amide bonds. The maximum absolute atomic E-state index is 6.24. The van der Waals surface area contributed by atoms with Gasteiger partial charge in [-0.15, -0.1) is 0 Å². The van der Waals surface area contributed by atoms with Crippen LogP contribution in [0.3, 0.4) is 0 Å². The Morgan fingerprint density at radius 3 is 1.56 bits per heavy atom. The zero-order valence-corrected chi connectivity index (χ0v) is 23.3. The van der Waals surface area contributed by atoms with Crippen LogP contribution in [-0.2, 0) is 0 Å². The molecule has 0 unspecified atom stereocenters. The highest BCUT2D eigenvalue weighted by Crippen LogP contribution is 2.39. The predicted octanol–water partition coefficient (Wildman–Crippen LogP) is 11.4. The van der Waals surface area contributed by atoms with Crippen LogP contribution in [-0.4, -0.2) is 4.98 Å². The fourth-order valence-electron chi connectivity index (χ4n) is 6.69. The third-order valence-electron chi connectivity index (χ3n) is 8.72. The maximum Gasteiger partial charge on any atom is 0.227 e. The van der Waals surface area contributed by atoms with Crippen LogP contribution >= 0.6 is 0 Å². The van der Waals surface area contributed by atoms with E-state index in [9.17, 15) is 0 Å². The van der Waals surface area contributed by atoms with Crippen LogP contribution in [0.1, 0.15) is 0 Å². The number of furan rings is 1. The maximum atomic E-state index is 6.24. The van der Waals surface area contributed by atoms with Crippen LogP contribution < -0.4 is 0 Å². The Balaban J connectivity index is 1.17. The number of aromatic nitrogens is 1. The third kappa shape index (κ3) is 3.77. The lowest BCUT2D eigenvalue weighted by molar-refractivity contribution is 0.655. The SMILES string of the molecule is c1cc(-c2cccc(-c3cccc4c3oc3ncccc34)c2)cc(-c2ccc3c4ccccc4c4ccccc4c3c2)c1. The lowest BCUT2D eigenvalue weighted by Crippen LogP contribution is -1.86. The summed E-state index contributed by atoms with van der Waals surface area (Å²) in [7, 11) is 0. The van der Waals surface area contributed by atoms with Gasteiger partial charge in [0.25, 0.3) is 0 Å². The summed E-state index contributed by atoms with van der Waals surface area (Å²) >= 11 is 0. The van der Waals surface area contributed by atoms with Gasteiger partial charge in [-0.3, -0.25) is 0 Å². The standard InChI is InChI=1S/C41H25NO/c1-2-15-34-32(13-1)33-14-3-4-16-35(33)39-25-29(20-21-36(34)39)27-10-5-9-26(23-27)28-11-6-12-30(24-28)31-17-7-18-37-38-19-8-22-42-41(38)43-40(31)37/h1-25H. The van der Waals surface area contributed by atoms with E-state index in [1.54, 1.807) is 6.20 Å². The Bertz CT molecular complexity index is 2480. The van der Waals surface area contributed by atoms with Crippen molar-refractivity contribution in [2.24, 2.45) is 0 Å². The molecule has 0 spiro atoms. The van der Waals surface area contributed by atoms with Crippen LogP contribution in [0.2, 0.25) is 0 Å². The second kappa shape index (κ2) is 9.40. The Hall–Kier alpha value is -5.73. The average Bonchev–Trinajstić information content (AvgIpc) is 3.47. The van der Waals surface area contributed by atoms with Crippen LogP contribution in [0.5, 0.6) is 0 Å². The van der Waals surface area contributed by atoms with Crippen molar-refractivity contribution in [3.63, 3.8) is 0 Å². The predicted molar refractivity (Wildman–Crippen MR) is 180 cm³/mol. The van der Waals surface area contributed by atoms with Crippen LogP contribution in [0.15, 0.2) is 156 Å². The molecular weight excluding hydrogens is 522 g/mol. The molecule has 43 heavy (non-hydrogen) atoms. The number of para-hydroxylation sites is 1. The molecule has 200 valence electrons. The highest BCUT2D eigenvalue weighted by atomic mass is 16.3. The van der Waals surface area contributed by atoms with Crippen molar-refractivity contribution in [3.8, 4) is 33.4 Å². The van der Waals surface area contributed by atoms with E-state index in [0.717, 1.165) is 27.5 Å². The zero-order valence-electron chi connectivity index (χ0n) is 23.3. The number of pyridine rings is 1. The fourth-order valence-corrected chi connectivity index (χ4v) is 6.69. The molecule has 7 aromatic carbocycles. The Morgan fingerprint density at radius 1 is 0.349 bits per heavy atom. The summed E-state index contributed by atoms with van der Waals surface area (Å²) in [5, 5.41) is 9.88. The van der Waals surface area contributed by atoms with E-state index >= 15 is 0 Å². The van der Waals surface area contributed by atoms with Gasteiger partial charge in [0, 0.05) is 22.5 Å². The monoisotopic (exact) mass is 547 g/mol. The van der Waals surface area contributed by atoms with Crippen molar-refractivity contribution in [2.45, 2.75) is 0 Å². The van der Waals surface area contributed by atoms with Gasteiger partial charge in [0.05, 0.1) is 0 Å². The molecule has 9 rings (SSSR count). The molecule has 0 radical (unpaired) electrons. The van der Waals surface area contributed by atoms with Crippen molar-refractivity contribution >= 4 is 54.4 Å². The first-order valence-corrected chi connectivity index (χ1v) is 14.6. The molecule has 0 aliphatic carbocycles. The minimum atomic E-state index is 0.671. The summed E-state index contributed by atoms with van der Waals surface area (Å²) in [4.78, 5) is 4.44. The second-order valence-electron chi connectivity index (χ2n) is 11.2. The molecule has 0 saturated heterocycles. The average molecular weight is 548 g/mol.